The smallest absolute Gasteiger partial charge is 0.155 e. The third-order valence-electron chi connectivity index (χ3n) is 2.53. The van der Waals surface area contributed by atoms with Gasteiger partial charge in [0.05, 0.1) is 0 Å². The molecule has 2 heteroatoms. The van der Waals surface area contributed by atoms with Crippen LogP contribution in [0, 0.1) is 5.92 Å². The predicted octanol–water partition coefficient (Wildman–Crippen LogP) is 2.42. The Labute approximate surface area is 68.6 Å². The van der Waals surface area contributed by atoms with E-state index in [4.69, 9.17) is 0 Å². The molecule has 1 nitrogen and oxygen atoms in total. The first-order chi connectivity index (χ1) is 5.22. The molecule has 1 unspecified atom stereocenters. The Morgan fingerprint density at radius 1 is 1.18 bits per heavy atom. The van der Waals surface area contributed by atoms with Crippen LogP contribution in [0.4, 0.5) is 4.39 Å². The van der Waals surface area contributed by atoms with Gasteiger partial charge < -0.3 is 0 Å². The molecule has 0 bridgehead atoms. The molecule has 1 aliphatic rings. The molecule has 66 valence electrons. The molecular weight excluding hydrogens is 141 g/mol. The van der Waals surface area contributed by atoms with E-state index in [1.807, 2.05) is 14.1 Å². The number of nitrogens with zero attached hydrogens (tertiary/aromatic N) is 1. The summed E-state index contributed by atoms with van der Waals surface area (Å²) in [4.78, 5) is 1.69. The van der Waals surface area contributed by atoms with Crippen LogP contribution in [0.2, 0.25) is 0 Å². The van der Waals surface area contributed by atoms with Crippen LogP contribution in [0.1, 0.15) is 32.1 Å². The molecule has 0 aromatic carbocycles. The van der Waals surface area contributed by atoms with Gasteiger partial charge >= 0.3 is 0 Å². The van der Waals surface area contributed by atoms with Gasteiger partial charge in [-0.3, -0.25) is 4.90 Å². The average Bonchev–Trinajstić information content (AvgIpc) is 2.05. The Hall–Kier alpha value is -0.110. The second kappa shape index (κ2) is 4.05. The van der Waals surface area contributed by atoms with E-state index in [0.29, 0.717) is 5.92 Å². The first kappa shape index (κ1) is 8.98. The van der Waals surface area contributed by atoms with Crippen LogP contribution in [-0.4, -0.2) is 25.3 Å². The molecule has 0 N–H and O–H groups in total. The van der Waals surface area contributed by atoms with Gasteiger partial charge in [0, 0.05) is 5.92 Å². The fourth-order valence-corrected chi connectivity index (χ4v) is 1.83. The number of rotatable bonds is 2. The summed E-state index contributed by atoms with van der Waals surface area (Å²) in [5.41, 5.74) is 0. The maximum atomic E-state index is 13.3. The molecule has 0 heterocycles. The number of hydrogen-bond acceptors (Lipinski definition) is 1. The van der Waals surface area contributed by atoms with Crippen LogP contribution in [-0.2, 0) is 0 Å². The summed E-state index contributed by atoms with van der Waals surface area (Å²) in [7, 11) is 3.64. The molecule has 0 aromatic rings. The standard InChI is InChI=1S/C9H18FN/c1-11(2)9(10)8-6-4-3-5-7-8/h8-9H,3-7H2,1-2H3. The highest BCUT2D eigenvalue weighted by molar-refractivity contribution is 4.71. The molecule has 1 saturated carbocycles. The van der Waals surface area contributed by atoms with Gasteiger partial charge in [0.15, 0.2) is 6.30 Å². The molecule has 1 aliphatic carbocycles. The van der Waals surface area contributed by atoms with Crippen molar-refractivity contribution in [1.82, 2.24) is 4.90 Å². The molecule has 0 saturated heterocycles. The first-order valence-corrected chi connectivity index (χ1v) is 4.52. The number of alkyl halides is 1. The van der Waals surface area contributed by atoms with Crippen molar-refractivity contribution in [3.05, 3.63) is 0 Å². The lowest BCUT2D eigenvalue weighted by molar-refractivity contribution is 0.0539. The van der Waals surface area contributed by atoms with Gasteiger partial charge in [-0.1, -0.05) is 19.3 Å². The van der Waals surface area contributed by atoms with Crippen LogP contribution in [0.15, 0.2) is 0 Å². The Bertz CT molecular complexity index is 108. The predicted molar refractivity (Wildman–Crippen MR) is 45.2 cm³/mol. The zero-order valence-electron chi connectivity index (χ0n) is 7.52. The average molecular weight is 159 g/mol. The van der Waals surface area contributed by atoms with Crippen molar-refractivity contribution in [2.45, 2.75) is 38.4 Å². The zero-order chi connectivity index (χ0) is 8.27. The van der Waals surface area contributed by atoms with E-state index >= 15 is 0 Å². The van der Waals surface area contributed by atoms with Crippen LogP contribution >= 0.6 is 0 Å². The summed E-state index contributed by atoms with van der Waals surface area (Å²) in [5.74, 6) is 0.304. The molecule has 0 spiro atoms. The summed E-state index contributed by atoms with van der Waals surface area (Å²) in [6.07, 6.45) is 5.20. The Morgan fingerprint density at radius 2 is 1.73 bits per heavy atom. The maximum Gasteiger partial charge on any atom is 0.155 e. The zero-order valence-corrected chi connectivity index (χ0v) is 7.52. The summed E-state index contributed by atoms with van der Waals surface area (Å²) in [6.45, 7) is 0. The number of hydrogen-bond donors (Lipinski definition) is 0. The van der Waals surface area contributed by atoms with Gasteiger partial charge in [-0.25, -0.2) is 4.39 Å². The van der Waals surface area contributed by atoms with Gasteiger partial charge in [-0.05, 0) is 26.9 Å². The first-order valence-electron chi connectivity index (χ1n) is 4.52. The van der Waals surface area contributed by atoms with Crippen LogP contribution in [0.3, 0.4) is 0 Å². The van der Waals surface area contributed by atoms with Crippen molar-refractivity contribution in [2.24, 2.45) is 5.92 Å². The minimum absolute atomic E-state index is 0.304. The lowest BCUT2D eigenvalue weighted by Gasteiger charge is -2.28. The van der Waals surface area contributed by atoms with E-state index < -0.39 is 6.30 Å². The van der Waals surface area contributed by atoms with Crippen molar-refractivity contribution in [3.63, 3.8) is 0 Å². The molecule has 1 atom stereocenters. The molecule has 11 heavy (non-hydrogen) atoms. The second-order valence-corrected chi connectivity index (χ2v) is 3.73. The van der Waals surface area contributed by atoms with Crippen molar-refractivity contribution in [2.75, 3.05) is 14.1 Å². The van der Waals surface area contributed by atoms with Gasteiger partial charge in [0.1, 0.15) is 0 Å². The molecule has 1 rings (SSSR count). The van der Waals surface area contributed by atoms with Crippen molar-refractivity contribution in [3.8, 4) is 0 Å². The monoisotopic (exact) mass is 159 g/mol. The van der Waals surface area contributed by atoms with Crippen molar-refractivity contribution in [1.29, 1.82) is 0 Å². The topological polar surface area (TPSA) is 3.24 Å². The van der Waals surface area contributed by atoms with Gasteiger partial charge in [0.2, 0.25) is 0 Å². The largest absolute Gasteiger partial charge is 0.280 e. The van der Waals surface area contributed by atoms with Gasteiger partial charge in [0.25, 0.3) is 0 Å². The second-order valence-electron chi connectivity index (χ2n) is 3.73. The van der Waals surface area contributed by atoms with Crippen LogP contribution in [0.25, 0.3) is 0 Å². The fraction of sp³-hybridized carbons (Fsp3) is 1.00. The minimum Gasteiger partial charge on any atom is -0.280 e. The normalized spacial score (nSPS) is 24.0. The molecule has 0 radical (unpaired) electrons. The maximum absolute atomic E-state index is 13.3. The molecule has 0 amide bonds. The third kappa shape index (κ3) is 2.44. The van der Waals surface area contributed by atoms with Gasteiger partial charge in [-0.2, -0.15) is 0 Å². The molecule has 0 aliphatic heterocycles. The quantitative estimate of drug-likeness (QED) is 0.559. The van der Waals surface area contributed by atoms with E-state index in [-0.39, 0.29) is 0 Å². The Morgan fingerprint density at radius 3 is 2.18 bits per heavy atom. The van der Waals surface area contributed by atoms with Crippen molar-refractivity contribution < 1.29 is 4.39 Å². The highest BCUT2D eigenvalue weighted by Crippen LogP contribution is 2.28. The van der Waals surface area contributed by atoms with E-state index in [1.165, 1.54) is 19.3 Å². The van der Waals surface area contributed by atoms with E-state index in [9.17, 15) is 4.39 Å². The van der Waals surface area contributed by atoms with Gasteiger partial charge in [-0.15, -0.1) is 0 Å². The summed E-state index contributed by atoms with van der Waals surface area (Å²) in [5, 5.41) is 0. The van der Waals surface area contributed by atoms with E-state index in [1.54, 1.807) is 4.90 Å². The van der Waals surface area contributed by atoms with Crippen LogP contribution in [0.5, 0.6) is 0 Å². The van der Waals surface area contributed by atoms with E-state index in [2.05, 4.69) is 0 Å². The lowest BCUT2D eigenvalue weighted by Crippen LogP contribution is -2.32. The summed E-state index contributed by atoms with van der Waals surface area (Å²) < 4.78 is 13.3. The molecule has 0 aromatic heterocycles. The highest BCUT2D eigenvalue weighted by atomic mass is 19.1. The SMILES string of the molecule is CN(C)C(F)C1CCCCC1. The summed E-state index contributed by atoms with van der Waals surface area (Å²) >= 11 is 0. The lowest BCUT2D eigenvalue weighted by atomic mass is 9.88. The Kier molecular flexibility index (Phi) is 3.31. The Balaban J connectivity index is 2.32. The molecule has 1 fully saturated rings. The molecular formula is C9H18FN. The fourth-order valence-electron chi connectivity index (χ4n) is 1.83. The highest BCUT2D eigenvalue weighted by Gasteiger charge is 2.24. The number of halogens is 1. The van der Waals surface area contributed by atoms with E-state index in [0.717, 1.165) is 12.8 Å². The third-order valence-corrected chi connectivity index (χ3v) is 2.53. The van der Waals surface area contributed by atoms with Crippen LogP contribution < -0.4 is 0 Å². The van der Waals surface area contributed by atoms with Crippen molar-refractivity contribution >= 4 is 0 Å². The minimum atomic E-state index is -0.713. The summed E-state index contributed by atoms with van der Waals surface area (Å²) in [6, 6.07) is 0.